The molecule has 0 aliphatic carbocycles. The molecule has 25 heavy (non-hydrogen) atoms. The summed E-state index contributed by atoms with van der Waals surface area (Å²) in [4.78, 5) is 47.8. The molecule has 0 heterocycles. The van der Waals surface area contributed by atoms with E-state index in [4.69, 9.17) is 0 Å². The maximum absolute atomic E-state index is 12.2. The summed E-state index contributed by atoms with van der Waals surface area (Å²) in [5.41, 5.74) is 0.455. The van der Waals surface area contributed by atoms with Gasteiger partial charge in [0, 0.05) is 23.0 Å². The molecule has 0 radical (unpaired) electrons. The maximum atomic E-state index is 12.2. The summed E-state index contributed by atoms with van der Waals surface area (Å²) >= 11 is 3.28. The molecule has 0 fully saturated rings. The summed E-state index contributed by atoms with van der Waals surface area (Å²) in [6.07, 6.45) is -0.0732. The van der Waals surface area contributed by atoms with Crippen molar-refractivity contribution in [1.29, 1.82) is 0 Å². The van der Waals surface area contributed by atoms with Crippen molar-refractivity contribution >= 4 is 39.7 Å². The Bertz CT molecular complexity index is 614. The van der Waals surface area contributed by atoms with Gasteiger partial charge in [0.2, 0.25) is 5.91 Å². The van der Waals surface area contributed by atoms with Gasteiger partial charge in [0.25, 0.3) is 5.91 Å². The van der Waals surface area contributed by atoms with E-state index in [-0.39, 0.29) is 32.0 Å². The van der Waals surface area contributed by atoms with Crippen LogP contribution in [-0.4, -0.2) is 62.5 Å². The summed E-state index contributed by atoms with van der Waals surface area (Å²) in [6.45, 7) is -0.678. The molecule has 0 aliphatic heterocycles. The van der Waals surface area contributed by atoms with Crippen LogP contribution >= 0.6 is 15.9 Å². The molecule has 0 unspecified atom stereocenters. The Morgan fingerprint density at radius 1 is 1.00 bits per heavy atom. The first kappa shape index (κ1) is 20.6. The number of hydrogen-bond acceptors (Lipinski definition) is 6. The molecule has 0 aliphatic rings. The van der Waals surface area contributed by atoms with Crippen molar-refractivity contribution in [1.82, 2.24) is 10.2 Å². The number of ether oxygens (including phenoxy) is 2. The van der Waals surface area contributed by atoms with Crippen molar-refractivity contribution < 1.29 is 28.7 Å². The van der Waals surface area contributed by atoms with Gasteiger partial charge in [-0.3, -0.25) is 19.2 Å². The zero-order chi connectivity index (χ0) is 18.8. The fraction of sp³-hybridized carbons (Fsp3) is 0.375. The average molecular weight is 415 g/mol. The highest BCUT2D eigenvalue weighted by molar-refractivity contribution is 9.10. The Labute approximate surface area is 153 Å². The van der Waals surface area contributed by atoms with Gasteiger partial charge in [0.1, 0.15) is 13.1 Å². The summed E-state index contributed by atoms with van der Waals surface area (Å²) < 4.78 is 9.84. The molecule has 2 amide bonds. The maximum Gasteiger partial charge on any atom is 0.325 e. The van der Waals surface area contributed by atoms with Crippen LogP contribution < -0.4 is 5.32 Å². The minimum atomic E-state index is -0.656. The van der Waals surface area contributed by atoms with Crippen LogP contribution in [0.1, 0.15) is 16.8 Å². The molecule has 1 aromatic carbocycles. The van der Waals surface area contributed by atoms with E-state index in [0.29, 0.717) is 5.56 Å². The van der Waals surface area contributed by atoms with Crippen LogP contribution in [0.2, 0.25) is 0 Å². The smallest absolute Gasteiger partial charge is 0.325 e. The second-order valence-corrected chi connectivity index (χ2v) is 5.83. The highest BCUT2D eigenvalue weighted by Crippen LogP contribution is 2.10. The summed E-state index contributed by atoms with van der Waals surface area (Å²) in [7, 11) is 2.36. The van der Waals surface area contributed by atoms with Crippen molar-refractivity contribution in [3.8, 4) is 0 Å². The number of esters is 2. The molecule has 0 spiro atoms. The minimum absolute atomic E-state index is 0.0621. The molecule has 0 bridgehead atoms. The Balaban J connectivity index is 2.55. The highest BCUT2D eigenvalue weighted by atomic mass is 79.9. The van der Waals surface area contributed by atoms with Crippen molar-refractivity contribution in [2.24, 2.45) is 0 Å². The van der Waals surface area contributed by atoms with Crippen LogP contribution in [0.25, 0.3) is 0 Å². The number of amides is 2. The van der Waals surface area contributed by atoms with E-state index in [9.17, 15) is 19.2 Å². The lowest BCUT2D eigenvalue weighted by Crippen LogP contribution is -2.41. The fourth-order valence-corrected chi connectivity index (χ4v) is 2.08. The van der Waals surface area contributed by atoms with Gasteiger partial charge < -0.3 is 19.7 Å². The first-order valence-electron chi connectivity index (χ1n) is 7.32. The summed E-state index contributed by atoms with van der Waals surface area (Å²) in [5.74, 6) is -2.12. The second-order valence-electron chi connectivity index (χ2n) is 4.91. The monoisotopic (exact) mass is 414 g/mol. The van der Waals surface area contributed by atoms with E-state index >= 15 is 0 Å². The van der Waals surface area contributed by atoms with Gasteiger partial charge >= 0.3 is 11.9 Å². The second kappa shape index (κ2) is 10.4. The van der Waals surface area contributed by atoms with Crippen LogP contribution in [0.15, 0.2) is 28.7 Å². The standard InChI is InChI=1S/C16H19BrN2O6/c1-24-14(21)9-19(10-15(22)25-2)13(20)7-8-18-16(23)11-3-5-12(17)6-4-11/h3-6H,7-10H2,1-2H3,(H,18,23). The molecule has 0 aromatic heterocycles. The SMILES string of the molecule is COC(=O)CN(CC(=O)OC)C(=O)CCNC(=O)c1ccc(Br)cc1. The van der Waals surface area contributed by atoms with Crippen LogP contribution in [0.3, 0.4) is 0 Å². The normalized spacial score (nSPS) is 9.88. The Morgan fingerprint density at radius 3 is 2.00 bits per heavy atom. The fourth-order valence-electron chi connectivity index (χ4n) is 1.82. The Kier molecular flexibility index (Phi) is 8.62. The number of carbonyl (C=O) groups excluding carboxylic acids is 4. The highest BCUT2D eigenvalue weighted by Gasteiger charge is 2.21. The number of nitrogens with one attached hydrogen (secondary N) is 1. The lowest BCUT2D eigenvalue weighted by molar-refractivity contribution is -0.152. The van der Waals surface area contributed by atoms with Crippen LogP contribution in [0, 0.1) is 0 Å². The molecular weight excluding hydrogens is 396 g/mol. The van der Waals surface area contributed by atoms with Crippen LogP contribution in [0.5, 0.6) is 0 Å². The molecule has 8 nitrogen and oxygen atoms in total. The molecule has 136 valence electrons. The van der Waals surface area contributed by atoms with Gasteiger partial charge in [0.05, 0.1) is 14.2 Å². The van der Waals surface area contributed by atoms with Gasteiger partial charge in [-0.15, -0.1) is 0 Å². The number of nitrogens with zero attached hydrogens (tertiary/aromatic N) is 1. The first-order valence-corrected chi connectivity index (χ1v) is 8.11. The molecular formula is C16H19BrN2O6. The lowest BCUT2D eigenvalue weighted by atomic mass is 10.2. The Morgan fingerprint density at radius 2 is 1.52 bits per heavy atom. The van der Waals surface area contributed by atoms with E-state index in [1.807, 2.05) is 0 Å². The quantitative estimate of drug-likeness (QED) is 0.629. The first-order chi connectivity index (χ1) is 11.9. The summed E-state index contributed by atoms with van der Waals surface area (Å²) in [6, 6.07) is 6.74. The molecule has 9 heteroatoms. The molecule has 0 saturated heterocycles. The van der Waals surface area contributed by atoms with Crippen molar-refractivity contribution in [3.63, 3.8) is 0 Å². The van der Waals surface area contributed by atoms with E-state index in [1.165, 1.54) is 14.2 Å². The predicted octanol–water partition coefficient (Wildman–Crippen LogP) is 0.744. The zero-order valence-electron chi connectivity index (χ0n) is 13.9. The number of hydrogen-bond donors (Lipinski definition) is 1. The van der Waals surface area contributed by atoms with Gasteiger partial charge in [-0.25, -0.2) is 0 Å². The number of carbonyl (C=O) groups is 4. The zero-order valence-corrected chi connectivity index (χ0v) is 15.5. The number of halogens is 1. The lowest BCUT2D eigenvalue weighted by Gasteiger charge is -2.20. The van der Waals surface area contributed by atoms with E-state index < -0.39 is 17.8 Å². The molecule has 0 atom stereocenters. The number of methoxy groups -OCH3 is 2. The molecule has 1 N–H and O–H groups in total. The predicted molar refractivity (Wildman–Crippen MR) is 91.7 cm³/mol. The summed E-state index contributed by atoms with van der Waals surface area (Å²) in [5, 5.41) is 2.60. The van der Waals surface area contributed by atoms with E-state index in [2.05, 4.69) is 30.7 Å². The van der Waals surface area contributed by atoms with Gasteiger partial charge in [-0.2, -0.15) is 0 Å². The third-order valence-electron chi connectivity index (χ3n) is 3.18. The number of benzene rings is 1. The third kappa shape index (κ3) is 7.34. The van der Waals surface area contributed by atoms with Gasteiger partial charge in [-0.05, 0) is 24.3 Å². The molecule has 1 rings (SSSR count). The van der Waals surface area contributed by atoms with Crippen molar-refractivity contribution in [3.05, 3.63) is 34.3 Å². The molecule has 0 saturated carbocycles. The third-order valence-corrected chi connectivity index (χ3v) is 3.71. The van der Waals surface area contributed by atoms with Crippen LogP contribution in [-0.2, 0) is 23.9 Å². The van der Waals surface area contributed by atoms with Crippen molar-refractivity contribution in [2.45, 2.75) is 6.42 Å². The molecule has 1 aromatic rings. The topological polar surface area (TPSA) is 102 Å². The van der Waals surface area contributed by atoms with Gasteiger partial charge in [0.15, 0.2) is 0 Å². The van der Waals surface area contributed by atoms with E-state index in [0.717, 1.165) is 9.37 Å². The Hall–Kier alpha value is -2.42. The van der Waals surface area contributed by atoms with E-state index in [1.54, 1.807) is 24.3 Å². The minimum Gasteiger partial charge on any atom is -0.468 e. The largest absolute Gasteiger partial charge is 0.468 e. The average Bonchev–Trinajstić information content (AvgIpc) is 2.61. The number of rotatable bonds is 8. The van der Waals surface area contributed by atoms with Crippen LogP contribution in [0.4, 0.5) is 0 Å². The van der Waals surface area contributed by atoms with Crippen molar-refractivity contribution in [2.75, 3.05) is 33.9 Å². The van der Waals surface area contributed by atoms with Gasteiger partial charge in [-0.1, -0.05) is 15.9 Å².